The fraction of sp³-hybridized carbons (Fsp3) is 0.786. The van der Waals surface area contributed by atoms with Crippen molar-refractivity contribution in [1.29, 1.82) is 0 Å². The molecule has 3 nitrogen and oxygen atoms in total. The minimum Gasteiger partial charge on any atom is -0.452 e. The Hall–Kier alpha value is -0.953. The molecule has 0 saturated carbocycles. The molecule has 1 amide bonds. The van der Waals surface area contributed by atoms with Gasteiger partial charge in [0.05, 0.1) is 7.11 Å². The summed E-state index contributed by atoms with van der Waals surface area (Å²) in [6.45, 7) is 13.5. The zero-order valence-corrected chi connectivity index (χ0v) is 14.0. The van der Waals surface area contributed by atoms with E-state index in [1.807, 2.05) is 0 Å². The number of carbonyl (C=O) groups is 1. The van der Waals surface area contributed by atoms with Gasteiger partial charge in [-0.2, -0.15) is 0 Å². The SMILES string of the molecule is COC(=O)N(C)C#C[Si](C(C)C)(C(C)C)C(C)C. The molecule has 0 aromatic heterocycles. The van der Waals surface area contributed by atoms with Crippen LogP contribution < -0.4 is 0 Å². The van der Waals surface area contributed by atoms with Crippen LogP contribution in [0.3, 0.4) is 0 Å². The highest BCUT2D eigenvalue weighted by atomic mass is 28.3. The van der Waals surface area contributed by atoms with E-state index in [0.717, 1.165) is 0 Å². The third-order valence-electron chi connectivity index (χ3n) is 3.75. The number of amides is 1. The van der Waals surface area contributed by atoms with Gasteiger partial charge >= 0.3 is 6.09 Å². The topological polar surface area (TPSA) is 29.5 Å². The third-order valence-corrected chi connectivity index (χ3v) is 10.0. The molecule has 104 valence electrons. The van der Waals surface area contributed by atoms with Gasteiger partial charge in [0.1, 0.15) is 8.07 Å². The first kappa shape index (κ1) is 17.0. The normalized spacial score (nSPS) is 11.5. The summed E-state index contributed by atoms with van der Waals surface area (Å²) in [5.74, 6) is 0. The number of carbonyl (C=O) groups excluding carboxylic acids is 1. The molecule has 0 saturated heterocycles. The molecule has 0 unspecified atom stereocenters. The number of rotatable bonds is 3. The lowest BCUT2D eigenvalue weighted by Gasteiger charge is -2.38. The molecule has 0 aromatic carbocycles. The highest BCUT2D eigenvalue weighted by Crippen LogP contribution is 2.40. The van der Waals surface area contributed by atoms with Gasteiger partial charge < -0.3 is 4.74 Å². The summed E-state index contributed by atoms with van der Waals surface area (Å²) < 4.78 is 4.66. The molecule has 0 N–H and O–H groups in total. The first-order chi connectivity index (χ1) is 8.20. The summed E-state index contributed by atoms with van der Waals surface area (Å²) in [6, 6.07) is 2.99. The van der Waals surface area contributed by atoms with Crippen LogP contribution in [0.25, 0.3) is 0 Å². The summed E-state index contributed by atoms with van der Waals surface area (Å²) in [5.41, 5.74) is 5.16. The molecular weight excluding hydrogens is 242 g/mol. The lowest BCUT2D eigenvalue weighted by atomic mass is 10.5. The summed E-state index contributed by atoms with van der Waals surface area (Å²) in [7, 11) is 1.27. The Morgan fingerprint density at radius 2 is 1.44 bits per heavy atom. The first-order valence-electron chi connectivity index (χ1n) is 6.54. The fourth-order valence-corrected chi connectivity index (χ4v) is 8.02. The molecule has 0 heterocycles. The molecule has 0 fully saturated rings. The summed E-state index contributed by atoms with van der Waals surface area (Å²) in [4.78, 5) is 12.7. The summed E-state index contributed by atoms with van der Waals surface area (Å²) in [6.07, 6.45) is -0.401. The fourth-order valence-electron chi connectivity index (χ4n) is 2.80. The second-order valence-electron chi connectivity index (χ2n) is 5.66. The lowest BCUT2D eigenvalue weighted by molar-refractivity contribution is 0.149. The molecule has 18 heavy (non-hydrogen) atoms. The Labute approximate surface area is 113 Å². The van der Waals surface area contributed by atoms with Crippen LogP contribution in [-0.4, -0.2) is 33.2 Å². The van der Waals surface area contributed by atoms with E-state index in [-0.39, 0.29) is 0 Å². The number of methoxy groups -OCH3 is 1. The maximum Gasteiger partial charge on any atom is 0.420 e. The van der Waals surface area contributed by atoms with E-state index in [4.69, 9.17) is 0 Å². The van der Waals surface area contributed by atoms with Gasteiger partial charge in [0.2, 0.25) is 0 Å². The molecule has 4 heteroatoms. The van der Waals surface area contributed by atoms with E-state index in [9.17, 15) is 4.79 Å². The second kappa shape index (κ2) is 6.84. The van der Waals surface area contributed by atoms with Crippen LogP contribution in [0.4, 0.5) is 4.79 Å². The van der Waals surface area contributed by atoms with Gasteiger partial charge in [-0.05, 0) is 16.6 Å². The Morgan fingerprint density at radius 3 is 1.72 bits per heavy atom. The van der Waals surface area contributed by atoms with Crippen molar-refractivity contribution in [3.8, 4) is 11.6 Å². The van der Waals surface area contributed by atoms with Gasteiger partial charge in [-0.3, -0.25) is 0 Å². The molecular formula is C14H27NO2Si. The molecule has 0 aliphatic heterocycles. The van der Waals surface area contributed by atoms with Crippen LogP contribution in [0.2, 0.25) is 16.6 Å². The minimum absolute atomic E-state index is 0.401. The zero-order valence-electron chi connectivity index (χ0n) is 13.0. The quantitative estimate of drug-likeness (QED) is 0.442. The summed E-state index contributed by atoms with van der Waals surface area (Å²) >= 11 is 0. The largest absolute Gasteiger partial charge is 0.452 e. The van der Waals surface area contributed by atoms with E-state index in [1.165, 1.54) is 12.0 Å². The highest BCUT2D eigenvalue weighted by Gasteiger charge is 2.41. The molecule has 0 bridgehead atoms. The van der Waals surface area contributed by atoms with E-state index in [0.29, 0.717) is 16.6 Å². The molecule has 0 spiro atoms. The molecule has 0 aliphatic carbocycles. The van der Waals surface area contributed by atoms with Gasteiger partial charge in [-0.25, -0.2) is 9.69 Å². The van der Waals surface area contributed by atoms with Crippen molar-refractivity contribution < 1.29 is 9.53 Å². The highest BCUT2D eigenvalue weighted by molar-refractivity contribution is 6.90. The number of hydrogen-bond acceptors (Lipinski definition) is 2. The Bertz CT molecular complexity index is 318. The van der Waals surface area contributed by atoms with Crippen molar-refractivity contribution >= 4 is 14.2 Å². The van der Waals surface area contributed by atoms with Gasteiger partial charge in [-0.1, -0.05) is 41.5 Å². The Morgan fingerprint density at radius 1 is 1.06 bits per heavy atom. The Kier molecular flexibility index (Phi) is 6.48. The molecule has 0 atom stereocenters. The maximum atomic E-state index is 11.4. The predicted molar refractivity (Wildman–Crippen MR) is 79.0 cm³/mol. The van der Waals surface area contributed by atoms with Crippen molar-refractivity contribution in [3.63, 3.8) is 0 Å². The number of hydrogen-bond donors (Lipinski definition) is 0. The van der Waals surface area contributed by atoms with Crippen LogP contribution in [0.5, 0.6) is 0 Å². The standard InChI is InChI=1S/C14H27NO2Si/c1-11(2)18(12(3)4,13(5)6)10-9-15(7)14(16)17-8/h11-13H,1-8H3. The van der Waals surface area contributed by atoms with E-state index in [1.54, 1.807) is 7.05 Å². The second-order valence-corrected chi connectivity index (χ2v) is 11.2. The molecule has 0 aromatic rings. The third kappa shape index (κ3) is 3.52. The van der Waals surface area contributed by atoms with Crippen molar-refractivity contribution in [2.45, 2.75) is 58.2 Å². The Balaban J connectivity index is 5.38. The first-order valence-corrected chi connectivity index (χ1v) is 8.77. The summed E-state index contributed by atoms with van der Waals surface area (Å²) in [5, 5.41) is 0. The predicted octanol–water partition coefficient (Wildman–Crippen LogP) is 3.86. The van der Waals surface area contributed by atoms with Gasteiger partial charge in [-0.15, -0.1) is 5.54 Å². The van der Waals surface area contributed by atoms with Crippen molar-refractivity contribution in [2.24, 2.45) is 0 Å². The van der Waals surface area contributed by atoms with Crippen LogP contribution in [0, 0.1) is 11.6 Å². The molecule has 0 aliphatic rings. The van der Waals surface area contributed by atoms with Gasteiger partial charge in [0.15, 0.2) is 0 Å². The van der Waals surface area contributed by atoms with Crippen molar-refractivity contribution in [3.05, 3.63) is 0 Å². The van der Waals surface area contributed by atoms with Crippen LogP contribution in [0.1, 0.15) is 41.5 Å². The molecule has 0 radical (unpaired) electrons. The maximum absolute atomic E-state index is 11.4. The van der Waals surface area contributed by atoms with E-state index < -0.39 is 14.2 Å². The average Bonchev–Trinajstić information content (AvgIpc) is 2.26. The molecule has 0 rings (SSSR count). The van der Waals surface area contributed by atoms with Gasteiger partial charge in [0, 0.05) is 13.1 Å². The van der Waals surface area contributed by atoms with E-state index in [2.05, 4.69) is 57.9 Å². The zero-order chi connectivity index (χ0) is 14.5. The number of ether oxygens (including phenoxy) is 1. The number of nitrogens with zero attached hydrogens (tertiary/aromatic N) is 1. The lowest BCUT2D eigenvalue weighted by Crippen LogP contribution is -2.43. The van der Waals surface area contributed by atoms with Crippen LogP contribution in [-0.2, 0) is 4.74 Å². The smallest absolute Gasteiger partial charge is 0.420 e. The van der Waals surface area contributed by atoms with Gasteiger partial charge in [0.25, 0.3) is 0 Å². The minimum atomic E-state index is -1.76. The van der Waals surface area contributed by atoms with Crippen molar-refractivity contribution in [2.75, 3.05) is 14.2 Å². The average molecular weight is 269 g/mol. The van der Waals surface area contributed by atoms with E-state index >= 15 is 0 Å². The monoisotopic (exact) mass is 269 g/mol. The van der Waals surface area contributed by atoms with Crippen molar-refractivity contribution in [1.82, 2.24) is 4.90 Å². The van der Waals surface area contributed by atoms with Crippen LogP contribution >= 0.6 is 0 Å². The van der Waals surface area contributed by atoms with Crippen LogP contribution in [0.15, 0.2) is 0 Å².